The summed E-state index contributed by atoms with van der Waals surface area (Å²) in [6.07, 6.45) is 0.629. The van der Waals surface area contributed by atoms with Crippen molar-refractivity contribution in [2.75, 3.05) is 0 Å². The fourth-order valence-electron chi connectivity index (χ4n) is 4.48. The lowest BCUT2D eigenvalue weighted by molar-refractivity contribution is -0.142. The van der Waals surface area contributed by atoms with Gasteiger partial charge in [-0.1, -0.05) is 18.2 Å². The van der Waals surface area contributed by atoms with Crippen LogP contribution in [0, 0.1) is 6.92 Å². The zero-order valence-electron chi connectivity index (χ0n) is 20.1. The number of fused-ring (bicyclic) bond motifs is 4. The van der Waals surface area contributed by atoms with Gasteiger partial charge >= 0.3 is 11.6 Å². The zero-order valence-corrected chi connectivity index (χ0v) is 20.1. The Morgan fingerprint density at radius 3 is 2.57 bits per heavy atom. The Morgan fingerprint density at radius 1 is 1.05 bits per heavy atom. The SMILES string of the molecule is Cc1c(O[C@@H](C)C(=O)N[C@@H](Cc2c[nH]c3ccc(O)cc23)C(=O)O)ccc2c1oc(=O)c1ccccc12. The minimum atomic E-state index is -1.22. The zero-order chi connectivity index (χ0) is 26.3. The number of amides is 1. The number of aromatic nitrogens is 1. The summed E-state index contributed by atoms with van der Waals surface area (Å²) in [5.41, 5.74) is 1.82. The number of H-pyrrole nitrogens is 1. The molecule has 0 spiro atoms. The Kier molecular flexibility index (Phi) is 6.04. The van der Waals surface area contributed by atoms with E-state index in [1.54, 1.807) is 43.5 Å². The molecule has 0 saturated heterocycles. The molecule has 0 radical (unpaired) electrons. The van der Waals surface area contributed by atoms with Crippen LogP contribution in [-0.2, 0) is 16.0 Å². The summed E-state index contributed by atoms with van der Waals surface area (Å²) in [7, 11) is 0. The van der Waals surface area contributed by atoms with Crippen LogP contribution in [0.1, 0.15) is 18.1 Å². The molecule has 2 atom stereocenters. The van der Waals surface area contributed by atoms with Crippen LogP contribution in [0.15, 0.2) is 70.0 Å². The van der Waals surface area contributed by atoms with Crippen molar-refractivity contribution in [1.82, 2.24) is 10.3 Å². The van der Waals surface area contributed by atoms with Crippen LogP contribution in [0.3, 0.4) is 0 Å². The average Bonchev–Trinajstić information content (AvgIpc) is 3.27. The summed E-state index contributed by atoms with van der Waals surface area (Å²) in [6.45, 7) is 3.24. The number of rotatable bonds is 7. The normalized spacial score (nSPS) is 13.0. The van der Waals surface area contributed by atoms with Crippen LogP contribution in [0.4, 0.5) is 0 Å². The molecule has 1 amide bonds. The van der Waals surface area contributed by atoms with Crippen LogP contribution in [-0.4, -0.2) is 39.2 Å². The topological polar surface area (TPSA) is 142 Å². The van der Waals surface area contributed by atoms with Crippen molar-refractivity contribution in [3.05, 3.63) is 82.3 Å². The number of nitrogens with one attached hydrogen (secondary N) is 2. The molecule has 37 heavy (non-hydrogen) atoms. The number of hydrogen-bond acceptors (Lipinski definition) is 6. The number of aryl methyl sites for hydroxylation is 1. The molecule has 0 aliphatic carbocycles. The lowest BCUT2D eigenvalue weighted by Crippen LogP contribution is -2.47. The highest BCUT2D eigenvalue weighted by Crippen LogP contribution is 2.31. The van der Waals surface area contributed by atoms with E-state index in [1.807, 2.05) is 12.1 Å². The number of phenols is 1. The molecular weight excluding hydrogens is 476 g/mol. The molecule has 5 rings (SSSR count). The van der Waals surface area contributed by atoms with E-state index in [2.05, 4.69) is 10.3 Å². The number of aliphatic carboxylic acids is 1. The Morgan fingerprint density at radius 2 is 1.81 bits per heavy atom. The van der Waals surface area contributed by atoms with Gasteiger partial charge in [0, 0.05) is 34.5 Å². The molecule has 0 bridgehead atoms. The third-order valence-electron chi connectivity index (χ3n) is 6.45. The number of hydrogen-bond donors (Lipinski definition) is 4. The van der Waals surface area contributed by atoms with Gasteiger partial charge in [0.15, 0.2) is 6.10 Å². The number of aromatic hydroxyl groups is 1. The molecule has 9 nitrogen and oxygen atoms in total. The van der Waals surface area contributed by atoms with Gasteiger partial charge in [0.2, 0.25) is 0 Å². The van der Waals surface area contributed by atoms with E-state index in [0.717, 1.165) is 16.3 Å². The van der Waals surface area contributed by atoms with E-state index in [0.29, 0.717) is 33.2 Å². The summed E-state index contributed by atoms with van der Waals surface area (Å²) in [6, 6.07) is 14.1. The second-order valence-corrected chi connectivity index (χ2v) is 8.91. The number of carboxylic acid groups (broad SMARTS) is 1. The van der Waals surface area contributed by atoms with Gasteiger partial charge in [-0.3, -0.25) is 4.79 Å². The molecule has 2 aromatic heterocycles. The number of carbonyl (C=O) groups is 2. The second kappa shape index (κ2) is 9.34. The number of carbonyl (C=O) groups excluding carboxylic acids is 1. The summed E-state index contributed by atoms with van der Waals surface area (Å²) < 4.78 is 11.4. The van der Waals surface area contributed by atoms with Gasteiger partial charge < -0.3 is 29.7 Å². The Balaban J connectivity index is 1.36. The lowest BCUT2D eigenvalue weighted by atomic mass is 10.0. The summed E-state index contributed by atoms with van der Waals surface area (Å²) in [4.78, 5) is 40.3. The molecule has 3 aromatic carbocycles. The van der Waals surface area contributed by atoms with Gasteiger partial charge in [-0.05, 0) is 61.2 Å². The third-order valence-corrected chi connectivity index (χ3v) is 6.45. The molecule has 0 saturated carbocycles. The first-order chi connectivity index (χ1) is 17.7. The van der Waals surface area contributed by atoms with E-state index < -0.39 is 29.6 Å². The minimum Gasteiger partial charge on any atom is -0.508 e. The summed E-state index contributed by atoms with van der Waals surface area (Å²) in [5.74, 6) is -1.42. The van der Waals surface area contributed by atoms with Crippen LogP contribution in [0.5, 0.6) is 11.5 Å². The van der Waals surface area contributed by atoms with E-state index in [-0.39, 0.29) is 12.2 Å². The van der Waals surface area contributed by atoms with Gasteiger partial charge in [0.1, 0.15) is 23.1 Å². The Labute approximate surface area is 210 Å². The molecule has 2 heterocycles. The van der Waals surface area contributed by atoms with Crippen molar-refractivity contribution in [3.63, 3.8) is 0 Å². The minimum absolute atomic E-state index is 0.00444. The fourth-order valence-corrected chi connectivity index (χ4v) is 4.48. The van der Waals surface area contributed by atoms with Crippen LogP contribution in [0.2, 0.25) is 0 Å². The molecule has 0 aliphatic rings. The monoisotopic (exact) mass is 500 g/mol. The van der Waals surface area contributed by atoms with E-state index >= 15 is 0 Å². The molecule has 9 heteroatoms. The molecular formula is C28H24N2O7. The fraction of sp³-hybridized carbons (Fsp3) is 0.179. The molecule has 188 valence electrons. The Hall–Kier alpha value is -4.79. The number of aromatic amines is 1. The van der Waals surface area contributed by atoms with E-state index in [9.17, 15) is 24.6 Å². The van der Waals surface area contributed by atoms with E-state index in [4.69, 9.17) is 9.15 Å². The molecule has 0 aliphatic heterocycles. The van der Waals surface area contributed by atoms with Crippen molar-refractivity contribution < 1.29 is 29.0 Å². The predicted octanol–water partition coefficient (Wildman–Crippen LogP) is 4.02. The van der Waals surface area contributed by atoms with Crippen molar-refractivity contribution in [2.45, 2.75) is 32.4 Å². The van der Waals surface area contributed by atoms with Crippen molar-refractivity contribution in [2.24, 2.45) is 0 Å². The largest absolute Gasteiger partial charge is 0.508 e. The maximum atomic E-state index is 12.9. The number of benzene rings is 3. The third kappa shape index (κ3) is 4.47. The highest BCUT2D eigenvalue weighted by molar-refractivity contribution is 6.05. The summed E-state index contributed by atoms with van der Waals surface area (Å²) in [5, 5.41) is 24.7. The first-order valence-corrected chi connectivity index (χ1v) is 11.7. The van der Waals surface area contributed by atoms with Crippen molar-refractivity contribution >= 4 is 44.5 Å². The highest BCUT2D eigenvalue weighted by atomic mass is 16.5. The van der Waals surface area contributed by atoms with Gasteiger partial charge in [-0.2, -0.15) is 0 Å². The quantitative estimate of drug-likeness (QED) is 0.195. The number of ether oxygens (including phenoxy) is 1. The predicted molar refractivity (Wildman–Crippen MR) is 138 cm³/mol. The van der Waals surface area contributed by atoms with Gasteiger partial charge in [-0.25, -0.2) is 9.59 Å². The standard InChI is InChI=1S/C28H24N2O7/c1-14-24(10-8-19-18-5-3-4-6-20(18)28(35)37-25(14)19)36-15(2)26(32)30-23(27(33)34)11-16-13-29-22-9-7-17(31)12-21(16)22/h3-10,12-13,15,23,29,31H,11H2,1-2H3,(H,30,32)(H,33,34)/t15-,23-/m0/s1. The lowest BCUT2D eigenvalue weighted by Gasteiger charge is -2.20. The van der Waals surface area contributed by atoms with Crippen molar-refractivity contribution in [3.8, 4) is 11.5 Å². The van der Waals surface area contributed by atoms with Crippen LogP contribution < -0.4 is 15.7 Å². The smallest absolute Gasteiger partial charge is 0.344 e. The molecule has 0 fully saturated rings. The summed E-state index contributed by atoms with van der Waals surface area (Å²) >= 11 is 0. The molecule has 0 unspecified atom stereocenters. The van der Waals surface area contributed by atoms with Crippen LogP contribution >= 0.6 is 0 Å². The second-order valence-electron chi connectivity index (χ2n) is 8.91. The maximum absolute atomic E-state index is 12.9. The first kappa shape index (κ1) is 23.9. The van der Waals surface area contributed by atoms with Crippen molar-refractivity contribution in [1.29, 1.82) is 0 Å². The first-order valence-electron chi connectivity index (χ1n) is 11.7. The Bertz CT molecular complexity index is 1730. The average molecular weight is 501 g/mol. The number of carboxylic acids is 1. The molecule has 5 aromatic rings. The van der Waals surface area contributed by atoms with Gasteiger partial charge in [0.05, 0.1) is 5.39 Å². The molecule has 4 N–H and O–H groups in total. The maximum Gasteiger partial charge on any atom is 0.344 e. The van der Waals surface area contributed by atoms with Gasteiger partial charge in [0.25, 0.3) is 5.91 Å². The number of phenolic OH excluding ortho intramolecular Hbond substituents is 1. The van der Waals surface area contributed by atoms with E-state index in [1.165, 1.54) is 19.1 Å². The van der Waals surface area contributed by atoms with Crippen LogP contribution in [0.25, 0.3) is 32.6 Å². The van der Waals surface area contributed by atoms with Gasteiger partial charge in [-0.15, -0.1) is 0 Å². The highest BCUT2D eigenvalue weighted by Gasteiger charge is 2.26.